The molecule has 1 N–H and O–H groups in total. The van der Waals surface area contributed by atoms with Crippen LogP contribution in [0.15, 0.2) is 16.6 Å². The van der Waals surface area contributed by atoms with Crippen molar-refractivity contribution in [2.75, 3.05) is 12.4 Å². The maximum Gasteiger partial charge on any atom is 0.156 e. The summed E-state index contributed by atoms with van der Waals surface area (Å²) in [5, 5.41) is 4.34. The van der Waals surface area contributed by atoms with Gasteiger partial charge in [-0.1, -0.05) is 38.3 Å². The van der Waals surface area contributed by atoms with Crippen LogP contribution in [0.1, 0.15) is 33.1 Å². The number of halogens is 2. The van der Waals surface area contributed by atoms with Crippen LogP contribution in [0.2, 0.25) is 5.02 Å². The molecule has 0 heterocycles. The Kier molecular flexibility index (Phi) is 5.02. The smallest absolute Gasteiger partial charge is 0.156 e. The van der Waals surface area contributed by atoms with E-state index in [0.29, 0.717) is 17.0 Å². The van der Waals surface area contributed by atoms with Crippen molar-refractivity contribution in [3.8, 4) is 5.75 Å². The normalized spacial score (nSPS) is 27.1. The highest BCUT2D eigenvalue weighted by Gasteiger charge is 2.27. The minimum absolute atomic E-state index is 0.489. The summed E-state index contributed by atoms with van der Waals surface area (Å²) < 4.78 is 6.36. The molecule has 1 aliphatic rings. The van der Waals surface area contributed by atoms with Gasteiger partial charge >= 0.3 is 0 Å². The lowest BCUT2D eigenvalue weighted by molar-refractivity contribution is 0.252. The predicted molar refractivity (Wildman–Crippen MR) is 85.3 cm³/mol. The van der Waals surface area contributed by atoms with Gasteiger partial charge in [0.15, 0.2) is 5.75 Å². The lowest BCUT2D eigenvalue weighted by Crippen LogP contribution is -2.35. The molecule has 0 spiro atoms. The molecule has 0 aromatic heterocycles. The van der Waals surface area contributed by atoms with Crippen LogP contribution in [-0.4, -0.2) is 13.2 Å². The third-order valence-electron chi connectivity index (χ3n) is 4.26. The highest BCUT2D eigenvalue weighted by Crippen LogP contribution is 2.39. The molecule has 1 aliphatic carbocycles. The van der Waals surface area contributed by atoms with Crippen LogP contribution in [0.3, 0.4) is 0 Å². The summed E-state index contributed by atoms with van der Waals surface area (Å²) in [6.07, 6.45) is 3.82. The van der Waals surface area contributed by atoms with Gasteiger partial charge in [-0.15, -0.1) is 0 Å². The van der Waals surface area contributed by atoms with Gasteiger partial charge in [0, 0.05) is 11.1 Å². The number of ether oxygens (including phenoxy) is 1. The van der Waals surface area contributed by atoms with Crippen LogP contribution in [-0.2, 0) is 0 Å². The zero-order chi connectivity index (χ0) is 14.0. The molecule has 2 nitrogen and oxygen atoms in total. The standard InChI is InChI=1S/C15H21BrClNO/c1-9-5-4-6-13(10(9)2)18-14-8-11(17)7-12(16)15(14)19-3/h7-10,13,18H,4-6H2,1-3H3. The molecule has 1 aromatic rings. The maximum absolute atomic E-state index is 6.14. The zero-order valence-corrected chi connectivity index (χ0v) is 14.0. The second kappa shape index (κ2) is 6.36. The minimum Gasteiger partial charge on any atom is -0.493 e. The van der Waals surface area contributed by atoms with Gasteiger partial charge in [-0.25, -0.2) is 0 Å². The number of hydrogen-bond acceptors (Lipinski definition) is 2. The van der Waals surface area contributed by atoms with Gasteiger partial charge in [0.25, 0.3) is 0 Å². The predicted octanol–water partition coefficient (Wildman–Crippen LogP) is 5.35. The van der Waals surface area contributed by atoms with Gasteiger partial charge in [0.1, 0.15) is 0 Å². The number of methoxy groups -OCH3 is 1. The summed E-state index contributed by atoms with van der Waals surface area (Å²) >= 11 is 9.64. The Morgan fingerprint density at radius 2 is 2.05 bits per heavy atom. The topological polar surface area (TPSA) is 21.3 Å². The highest BCUT2D eigenvalue weighted by atomic mass is 79.9. The third kappa shape index (κ3) is 3.38. The summed E-state index contributed by atoms with van der Waals surface area (Å²) in [6, 6.07) is 4.29. The van der Waals surface area contributed by atoms with Crippen molar-refractivity contribution in [3.63, 3.8) is 0 Å². The fourth-order valence-electron chi connectivity index (χ4n) is 2.86. The first-order valence-corrected chi connectivity index (χ1v) is 7.99. The molecule has 0 bridgehead atoms. The molecule has 0 radical (unpaired) electrons. The number of anilines is 1. The molecule has 1 aromatic carbocycles. The summed E-state index contributed by atoms with van der Waals surface area (Å²) in [7, 11) is 1.69. The average molecular weight is 347 g/mol. The van der Waals surface area contributed by atoms with E-state index >= 15 is 0 Å². The first kappa shape index (κ1) is 15.0. The number of benzene rings is 1. The van der Waals surface area contributed by atoms with E-state index in [4.69, 9.17) is 16.3 Å². The largest absolute Gasteiger partial charge is 0.493 e. The fourth-order valence-corrected chi connectivity index (χ4v) is 3.83. The second-order valence-corrected chi connectivity index (χ2v) is 6.78. The van der Waals surface area contributed by atoms with Crippen molar-refractivity contribution in [2.24, 2.45) is 11.8 Å². The van der Waals surface area contributed by atoms with Gasteiger partial charge in [-0.2, -0.15) is 0 Å². The van der Waals surface area contributed by atoms with E-state index in [1.807, 2.05) is 12.1 Å². The Morgan fingerprint density at radius 1 is 1.32 bits per heavy atom. The van der Waals surface area contributed by atoms with Crippen LogP contribution in [0.5, 0.6) is 5.75 Å². The van der Waals surface area contributed by atoms with Crippen molar-refractivity contribution in [1.82, 2.24) is 0 Å². The van der Waals surface area contributed by atoms with Gasteiger partial charge in [-0.05, 0) is 46.3 Å². The van der Waals surface area contributed by atoms with Gasteiger partial charge < -0.3 is 10.1 Å². The van der Waals surface area contributed by atoms with Crippen LogP contribution >= 0.6 is 27.5 Å². The Hall–Kier alpha value is -0.410. The van der Waals surface area contributed by atoms with E-state index in [1.165, 1.54) is 19.3 Å². The van der Waals surface area contributed by atoms with Crippen molar-refractivity contribution in [2.45, 2.75) is 39.2 Å². The lowest BCUT2D eigenvalue weighted by atomic mass is 9.78. The molecular weight excluding hydrogens is 326 g/mol. The Morgan fingerprint density at radius 3 is 2.74 bits per heavy atom. The molecule has 19 heavy (non-hydrogen) atoms. The fraction of sp³-hybridized carbons (Fsp3) is 0.600. The quantitative estimate of drug-likeness (QED) is 0.796. The van der Waals surface area contributed by atoms with E-state index < -0.39 is 0 Å². The Labute approximate surface area is 129 Å². The van der Waals surface area contributed by atoms with E-state index in [-0.39, 0.29) is 0 Å². The Bertz CT molecular complexity index is 452. The summed E-state index contributed by atoms with van der Waals surface area (Å²) in [6.45, 7) is 4.66. The monoisotopic (exact) mass is 345 g/mol. The van der Waals surface area contributed by atoms with E-state index in [0.717, 1.165) is 21.8 Å². The number of rotatable bonds is 3. The van der Waals surface area contributed by atoms with Crippen LogP contribution < -0.4 is 10.1 Å². The van der Waals surface area contributed by atoms with E-state index in [9.17, 15) is 0 Å². The summed E-state index contributed by atoms with van der Waals surface area (Å²) in [5.41, 5.74) is 0.979. The first-order valence-electron chi connectivity index (χ1n) is 6.82. The molecule has 1 fully saturated rings. The van der Waals surface area contributed by atoms with Crippen molar-refractivity contribution < 1.29 is 4.74 Å². The molecule has 4 heteroatoms. The molecular formula is C15H21BrClNO. The molecule has 0 aliphatic heterocycles. The van der Waals surface area contributed by atoms with Crippen molar-refractivity contribution >= 4 is 33.2 Å². The molecule has 3 unspecified atom stereocenters. The molecule has 1 saturated carbocycles. The van der Waals surface area contributed by atoms with E-state index in [1.54, 1.807) is 7.11 Å². The SMILES string of the molecule is COc1c(Br)cc(Cl)cc1NC1CCCC(C)C1C. The molecule has 0 amide bonds. The lowest BCUT2D eigenvalue weighted by Gasteiger charge is -2.35. The van der Waals surface area contributed by atoms with Gasteiger partial charge in [0.05, 0.1) is 17.3 Å². The minimum atomic E-state index is 0.489. The van der Waals surface area contributed by atoms with Crippen LogP contribution in [0.25, 0.3) is 0 Å². The van der Waals surface area contributed by atoms with Crippen molar-refractivity contribution in [1.29, 1.82) is 0 Å². The van der Waals surface area contributed by atoms with Gasteiger partial charge in [-0.3, -0.25) is 0 Å². The second-order valence-electron chi connectivity index (χ2n) is 5.49. The molecule has 0 saturated heterocycles. The van der Waals surface area contributed by atoms with Gasteiger partial charge in [0.2, 0.25) is 0 Å². The number of hydrogen-bond donors (Lipinski definition) is 1. The summed E-state index contributed by atoms with van der Waals surface area (Å²) in [5.74, 6) is 2.26. The molecule has 3 atom stereocenters. The van der Waals surface area contributed by atoms with Crippen LogP contribution in [0.4, 0.5) is 5.69 Å². The molecule has 2 rings (SSSR count). The van der Waals surface area contributed by atoms with Crippen molar-refractivity contribution in [3.05, 3.63) is 21.6 Å². The average Bonchev–Trinajstić information content (AvgIpc) is 2.34. The zero-order valence-electron chi connectivity index (χ0n) is 11.7. The maximum atomic E-state index is 6.14. The highest BCUT2D eigenvalue weighted by molar-refractivity contribution is 9.10. The molecule has 106 valence electrons. The van der Waals surface area contributed by atoms with Crippen LogP contribution in [0, 0.1) is 11.8 Å². The first-order chi connectivity index (χ1) is 9.02. The third-order valence-corrected chi connectivity index (χ3v) is 5.07. The number of nitrogens with one attached hydrogen (secondary N) is 1. The summed E-state index contributed by atoms with van der Waals surface area (Å²) in [4.78, 5) is 0. The Balaban J connectivity index is 2.22. The van der Waals surface area contributed by atoms with E-state index in [2.05, 4.69) is 35.1 Å².